The monoisotopic (exact) mass is 319 g/mol. The number of aryl methyl sites for hydroxylation is 1. The van der Waals surface area contributed by atoms with Gasteiger partial charge in [0.05, 0.1) is 4.90 Å². The highest BCUT2D eigenvalue weighted by Crippen LogP contribution is 2.50. The van der Waals surface area contributed by atoms with Gasteiger partial charge in [0, 0.05) is 34.4 Å². The SMILES string of the molecule is Cc1cc(C2([S+]=O)CC2)c(S(C)(=O)=O)cc1C(=O)Cl. The van der Waals surface area contributed by atoms with Crippen LogP contribution in [0.5, 0.6) is 0 Å². The first-order chi connectivity index (χ1) is 8.71. The van der Waals surface area contributed by atoms with Crippen LogP contribution >= 0.6 is 11.6 Å². The Morgan fingerprint density at radius 2 is 1.95 bits per heavy atom. The van der Waals surface area contributed by atoms with Crippen molar-refractivity contribution >= 4 is 38.3 Å². The van der Waals surface area contributed by atoms with Gasteiger partial charge in [0.2, 0.25) is 0 Å². The predicted molar refractivity (Wildman–Crippen MR) is 73.4 cm³/mol. The Balaban J connectivity index is 2.77. The van der Waals surface area contributed by atoms with E-state index in [2.05, 4.69) is 0 Å². The Bertz CT molecular complexity index is 675. The van der Waals surface area contributed by atoms with E-state index < -0.39 is 19.8 Å². The molecule has 0 saturated heterocycles. The lowest BCUT2D eigenvalue weighted by Crippen LogP contribution is -2.13. The van der Waals surface area contributed by atoms with Crippen molar-refractivity contribution in [3.63, 3.8) is 0 Å². The van der Waals surface area contributed by atoms with Gasteiger partial charge in [0.1, 0.15) is 0 Å². The van der Waals surface area contributed by atoms with Crippen LogP contribution in [0.4, 0.5) is 0 Å². The van der Waals surface area contributed by atoms with Gasteiger partial charge in [0.25, 0.3) is 9.99 Å². The van der Waals surface area contributed by atoms with Crippen LogP contribution in [0.15, 0.2) is 17.0 Å². The van der Waals surface area contributed by atoms with E-state index >= 15 is 0 Å². The van der Waals surface area contributed by atoms with Crippen molar-refractivity contribution in [3.8, 4) is 0 Å². The highest BCUT2D eigenvalue weighted by atomic mass is 35.5. The Morgan fingerprint density at radius 3 is 2.32 bits per heavy atom. The average Bonchev–Trinajstić information content (AvgIpc) is 3.07. The van der Waals surface area contributed by atoms with Crippen molar-refractivity contribution in [2.24, 2.45) is 0 Å². The molecule has 7 heteroatoms. The van der Waals surface area contributed by atoms with Gasteiger partial charge in [-0.1, -0.05) is 0 Å². The number of hydrogen-bond donors (Lipinski definition) is 0. The molecule has 19 heavy (non-hydrogen) atoms. The zero-order valence-electron chi connectivity index (χ0n) is 10.4. The summed E-state index contributed by atoms with van der Waals surface area (Å²) in [7, 11) is -3.52. The minimum Gasteiger partial charge on any atom is -0.276 e. The van der Waals surface area contributed by atoms with E-state index in [1.807, 2.05) is 0 Å². The summed E-state index contributed by atoms with van der Waals surface area (Å²) in [6.07, 6.45) is 2.36. The van der Waals surface area contributed by atoms with Crippen molar-refractivity contribution in [1.82, 2.24) is 0 Å². The summed E-state index contributed by atoms with van der Waals surface area (Å²) in [4.78, 5) is 11.3. The molecule has 1 aromatic rings. The van der Waals surface area contributed by atoms with Gasteiger partial charge in [-0.3, -0.25) is 4.79 Å². The third kappa shape index (κ3) is 2.57. The topological polar surface area (TPSA) is 68.3 Å². The van der Waals surface area contributed by atoms with E-state index in [1.54, 1.807) is 13.0 Å². The molecule has 1 aliphatic carbocycles. The number of carbonyl (C=O) groups is 1. The molecule has 4 nitrogen and oxygen atoms in total. The van der Waals surface area contributed by atoms with Crippen molar-refractivity contribution < 1.29 is 17.4 Å². The molecule has 0 spiro atoms. The van der Waals surface area contributed by atoms with Gasteiger partial charge in [-0.05, 0) is 36.2 Å². The minimum absolute atomic E-state index is 0.0305. The quantitative estimate of drug-likeness (QED) is 0.630. The van der Waals surface area contributed by atoms with E-state index in [1.165, 1.54) is 6.07 Å². The molecule has 0 atom stereocenters. The maximum atomic E-state index is 11.9. The van der Waals surface area contributed by atoms with E-state index in [0.717, 1.165) is 6.26 Å². The molecule has 0 amide bonds. The average molecular weight is 320 g/mol. The molecule has 0 aliphatic heterocycles. The third-order valence-corrected chi connectivity index (χ3v) is 5.58. The molecule has 0 aromatic heterocycles. The van der Waals surface area contributed by atoms with Gasteiger partial charge in [0.15, 0.2) is 9.84 Å². The van der Waals surface area contributed by atoms with E-state index in [-0.39, 0.29) is 10.5 Å². The van der Waals surface area contributed by atoms with Gasteiger partial charge >= 0.3 is 11.7 Å². The molecule has 0 bridgehead atoms. The lowest BCUT2D eigenvalue weighted by molar-refractivity contribution is 0.108. The molecule has 1 fully saturated rings. The van der Waals surface area contributed by atoms with Crippen LogP contribution in [0.1, 0.15) is 34.3 Å². The number of sulfone groups is 1. The van der Waals surface area contributed by atoms with Crippen LogP contribution < -0.4 is 0 Å². The Morgan fingerprint density at radius 1 is 1.37 bits per heavy atom. The molecule has 0 radical (unpaired) electrons. The van der Waals surface area contributed by atoms with E-state index in [9.17, 15) is 17.4 Å². The Labute approximate surface area is 120 Å². The maximum Gasteiger partial charge on any atom is 0.470 e. The summed E-state index contributed by atoms with van der Waals surface area (Å²) in [6.45, 7) is 1.68. The molecule has 0 unspecified atom stereocenters. The second-order valence-electron chi connectivity index (χ2n) is 4.79. The number of halogens is 1. The standard InChI is InChI=1S/C12H12ClO4S2/c1-7-5-9(12(18-15)3-4-12)10(19(2,16)17)6-8(7)11(13)14/h5-6H,3-4H2,1-2H3/q+1. The number of carbonyl (C=O) groups excluding carboxylic acids is 1. The van der Waals surface area contributed by atoms with E-state index in [4.69, 9.17) is 11.6 Å². The van der Waals surface area contributed by atoms with Gasteiger partial charge in [-0.15, -0.1) is 0 Å². The van der Waals surface area contributed by atoms with Crippen molar-refractivity contribution in [2.75, 3.05) is 6.26 Å². The minimum atomic E-state index is -3.52. The predicted octanol–water partition coefficient (Wildman–Crippen LogP) is 2.19. The lowest BCUT2D eigenvalue weighted by atomic mass is 10.0. The molecule has 1 aliphatic rings. The zero-order chi connectivity index (χ0) is 14.4. The first kappa shape index (κ1) is 14.6. The fourth-order valence-corrected chi connectivity index (χ4v) is 3.86. The summed E-state index contributed by atoms with van der Waals surface area (Å²) in [5, 5.41) is -0.700. The van der Waals surface area contributed by atoms with E-state index in [0.29, 0.717) is 35.6 Å². The first-order valence-electron chi connectivity index (χ1n) is 5.57. The number of rotatable bonds is 4. The van der Waals surface area contributed by atoms with Crippen molar-refractivity contribution in [3.05, 3.63) is 28.8 Å². The number of hydrogen-bond acceptors (Lipinski definition) is 4. The molecular formula is C12H12ClO4S2+. The van der Waals surface area contributed by atoms with Crippen LogP contribution in [0.3, 0.4) is 0 Å². The number of benzene rings is 1. The normalized spacial score (nSPS) is 17.0. The van der Waals surface area contributed by atoms with Crippen LogP contribution in [0, 0.1) is 6.92 Å². The smallest absolute Gasteiger partial charge is 0.276 e. The zero-order valence-corrected chi connectivity index (χ0v) is 12.8. The second kappa shape index (κ2) is 4.61. The summed E-state index contributed by atoms with van der Waals surface area (Å²) in [5.41, 5.74) is 1.24. The van der Waals surface area contributed by atoms with Crippen LogP contribution in [-0.4, -0.2) is 19.9 Å². The molecule has 2 rings (SSSR count). The molecule has 1 aromatic carbocycles. The van der Waals surface area contributed by atoms with Gasteiger partial charge < -0.3 is 0 Å². The summed E-state index contributed by atoms with van der Waals surface area (Å²) in [6, 6.07) is 2.88. The van der Waals surface area contributed by atoms with Crippen molar-refractivity contribution in [2.45, 2.75) is 29.4 Å². The highest BCUT2D eigenvalue weighted by molar-refractivity contribution is 7.90. The van der Waals surface area contributed by atoms with Crippen LogP contribution in [0.2, 0.25) is 0 Å². The molecule has 1 saturated carbocycles. The van der Waals surface area contributed by atoms with Crippen LogP contribution in [0.25, 0.3) is 0 Å². The van der Waals surface area contributed by atoms with Crippen molar-refractivity contribution in [1.29, 1.82) is 0 Å². The summed E-state index contributed by atoms with van der Waals surface area (Å²) < 4.78 is 34.3. The molecule has 102 valence electrons. The van der Waals surface area contributed by atoms with Gasteiger partial charge in [-0.25, -0.2) is 8.42 Å². The first-order valence-corrected chi connectivity index (χ1v) is 8.58. The largest absolute Gasteiger partial charge is 0.470 e. The fourth-order valence-electron chi connectivity index (χ4n) is 2.07. The Kier molecular flexibility index (Phi) is 3.53. The fraction of sp³-hybridized carbons (Fsp3) is 0.417. The Hall–Kier alpha value is -0.850. The second-order valence-corrected chi connectivity index (χ2v) is 8.06. The maximum absolute atomic E-state index is 11.9. The molecular weight excluding hydrogens is 308 g/mol. The van der Waals surface area contributed by atoms with Crippen LogP contribution in [-0.2, 0) is 30.5 Å². The van der Waals surface area contributed by atoms with Gasteiger partial charge in [-0.2, -0.15) is 0 Å². The molecule has 0 heterocycles. The third-order valence-electron chi connectivity index (χ3n) is 3.29. The lowest BCUT2D eigenvalue weighted by Gasteiger charge is -2.10. The summed E-state index contributed by atoms with van der Waals surface area (Å²) >= 11 is 5.86. The summed E-state index contributed by atoms with van der Waals surface area (Å²) in [5.74, 6) is 0. The molecule has 0 N–H and O–H groups in total. The highest BCUT2D eigenvalue weighted by Gasteiger charge is 2.61.